The van der Waals surface area contributed by atoms with Crippen molar-refractivity contribution in [1.82, 2.24) is 15.5 Å². The molecule has 5 nitrogen and oxygen atoms in total. The first-order valence-electron chi connectivity index (χ1n) is 8.22. The third-order valence-electron chi connectivity index (χ3n) is 4.47. The number of nitrogens with zero attached hydrogens (tertiary/aromatic N) is 1. The van der Waals surface area contributed by atoms with Crippen LogP contribution in [0.2, 0.25) is 0 Å². The third kappa shape index (κ3) is 4.30. The number of thiophene rings is 1. The number of hydrogen-bond donors (Lipinski definition) is 2. The van der Waals surface area contributed by atoms with Crippen LogP contribution in [-0.2, 0) is 9.53 Å². The average molecular weight is 359 g/mol. The van der Waals surface area contributed by atoms with E-state index in [2.05, 4.69) is 27.7 Å². The number of rotatable bonds is 5. The van der Waals surface area contributed by atoms with E-state index < -0.39 is 24.9 Å². The predicted octanol–water partition coefficient (Wildman–Crippen LogP) is 1.54. The molecular formula is C16H23F2N3O2S. The minimum absolute atomic E-state index is 0.0541. The molecule has 3 heterocycles. The maximum atomic E-state index is 13.2. The number of alkyl halides is 2. The van der Waals surface area contributed by atoms with Crippen LogP contribution >= 0.6 is 11.3 Å². The van der Waals surface area contributed by atoms with Gasteiger partial charge in [-0.2, -0.15) is 0 Å². The molecule has 3 rings (SSSR count). The van der Waals surface area contributed by atoms with Gasteiger partial charge in [-0.3, -0.25) is 15.0 Å². The van der Waals surface area contributed by atoms with Crippen LogP contribution in [0.15, 0.2) is 12.1 Å². The largest absolute Gasteiger partial charge is 0.379 e. The van der Waals surface area contributed by atoms with Crippen LogP contribution in [0.3, 0.4) is 0 Å². The van der Waals surface area contributed by atoms with Crippen molar-refractivity contribution in [3.63, 3.8) is 0 Å². The van der Waals surface area contributed by atoms with Gasteiger partial charge in [-0.05, 0) is 19.1 Å². The van der Waals surface area contributed by atoms with Crippen LogP contribution in [-0.4, -0.2) is 62.2 Å². The smallest absolute Gasteiger partial charge is 0.262 e. The summed E-state index contributed by atoms with van der Waals surface area (Å²) >= 11 is 1.70. The summed E-state index contributed by atoms with van der Waals surface area (Å²) in [7, 11) is 0. The van der Waals surface area contributed by atoms with Gasteiger partial charge in [0.15, 0.2) is 0 Å². The minimum atomic E-state index is -2.80. The summed E-state index contributed by atoms with van der Waals surface area (Å²) < 4.78 is 31.9. The van der Waals surface area contributed by atoms with Crippen molar-refractivity contribution in [1.29, 1.82) is 0 Å². The van der Waals surface area contributed by atoms with E-state index in [1.165, 1.54) is 9.75 Å². The van der Waals surface area contributed by atoms with E-state index >= 15 is 0 Å². The zero-order chi connectivity index (χ0) is 17.2. The molecule has 0 radical (unpaired) electrons. The number of ether oxygens (including phenoxy) is 1. The Morgan fingerprint density at radius 1 is 1.50 bits per heavy atom. The Balaban J connectivity index is 1.62. The fraction of sp³-hybridized carbons (Fsp3) is 0.688. The molecule has 8 heteroatoms. The first-order chi connectivity index (χ1) is 11.4. The van der Waals surface area contributed by atoms with Gasteiger partial charge in [0.1, 0.15) is 0 Å². The van der Waals surface area contributed by atoms with Crippen molar-refractivity contribution in [2.45, 2.75) is 31.4 Å². The number of carbonyl (C=O) groups excluding carboxylic acids is 1. The molecular weight excluding hydrogens is 336 g/mol. The molecule has 0 aliphatic carbocycles. The Morgan fingerprint density at radius 2 is 2.25 bits per heavy atom. The second kappa shape index (κ2) is 7.43. The standard InChI is InChI=1S/C16H23F2N3O2S/c1-11-2-3-14(24-11)13(21-4-6-23-7-5-21)9-19-15(22)12-8-16(17,18)10-20-12/h2-3,12-13,20H,4-10H2,1H3,(H,19,22). The monoisotopic (exact) mass is 359 g/mol. The molecule has 2 aliphatic heterocycles. The number of amides is 1. The predicted molar refractivity (Wildman–Crippen MR) is 88.6 cm³/mol. The summed E-state index contributed by atoms with van der Waals surface area (Å²) in [4.78, 5) is 16.9. The van der Waals surface area contributed by atoms with E-state index in [4.69, 9.17) is 4.74 Å². The summed E-state index contributed by atoms with van der Waals surface area (Å²) in [5.41, 5.74) is 0. The van der Waals surface area contributed by atoms with E-state index in [9.17, 15) is 13.6 Å². The zero-order valence-corrected chi connectivity index (χ0v) is 14.5. The van der Waals surface area contributed by atoms with Crippen LogP contribution in [0.5, 0.6) is 0 Å². The van der Waals surface area contributed by atoms with Crippen molar-refractivity contribution in [2.75, 3.05) is 39.4 Å². The fourth-order valence-electron chi connectivity index (χ4n) is 3.15. The topological polar surface area (TPSA) is 53.6 Å². The van der Waals surface area contributed by atoms with Gasteiger partial charge in [-0.1, -0.05) is 0 Å². The molecule has 134 valence electrons. The van der Waals surface area contributed by atoms with E-state index in [1.807, 2.05) is 6.92 Å². The first kappa shape index (κ1) is 17.7. The highest BCUT2D eigenvalue weighted by Crippen LogP contribution is 2.28. The number of morpholine rings is 1. The molecule has 1 aromatic heterocycles. The van der Waals surface area contributed by atoms with Crippen LogP contribution in [0.25, 0.3) is 0 Å². The van der Waals surface area contributed by atoms with Crippen molar-refractivity contribution in [3.8, 4) is 0 Å². The van der Waals surface area contributed by atoms with Crippen molar-refractivity contribution in [2.24, 2.45) is 0 Å². The lowest BCUT2D eigenvalue weighted by atomic mass is 10.1. The summed E-state index contributed by atoms with van der Waals surface area (Å²) in [5, 5.41) is 5.46. The van der Waals surface area contributed by atoms with Gasteiger partial charge in [0.05, 0.1) is 31.8 Å². The van der Waals surface area contributed by atoms with Gasteiger partial charge in [0, 0.05) is 35.8 Å². The molecule has 2 N–H and O–H groups in total. The molecule has 0 bridgehead atoms. The molecule has 24 heavy (non-hydrogen) atoms. The summed E-state index contributed by atoms with van der Waals surface area (Å²) in [6, 6.07) is 3.39. The van der Waals surface area contributed by atoms with E-state index in [0.29, 0.717) is 19.8 Å². The number of hydrogen-bond acceptors (Lipinski definition) is 5. The Bertz CT molecular complexity index is 575. The number of halogens is 2. The normalized spacial score (nSPS) is 25.5. The molecule has 2 fully saturated rings. The Hall–Kier alpha value is -1.09. The fourth-order valence-corrected chi connectivity index (χ4v) is 4.17. The highest BCUT2D eigenvalue weighted by atomic mass is 32.1. The molecule has 2 unspecified atom stereocenters. The Morgan fingerprint density at radius 3 is 2.83 bits per heavy atom. The molecule has 0 saturated carbocycles. The van der Waals surface area contributed by atoms with E-state index in [0.717, 1.165) is 13.1 Å². The van der Waals surface area contributed by atoms with Crippen LogP contribution < -0.4 is 10.6 Å². The molecule has 1 amide bonds. The summed E-state index contributed by atoms with van der Waals surface area (Å²) in [6.45, 7) is 4.99. The Kier molecular flexibility index (Phi) is 5.49. The first-order valence-corrected chi connectivity index (χ1v) is 9.03. The maximum Gasteiger partial charge on any atom is 0.262 e. The van der Waals surface area contributed by atoms with Crippen LogP contribution in [0.4, 0.5) is 8.78 Å². The number of aryl methyl sites for hydroxylation is 1. The van der Waals surface area contributed by atoms with Gasteiger partial charge < -0.3 is 10.1 Å². The van der Waals surface area contributed by atoms with E-state index in [-0.39, 0.29) is 11.9 Å². The van der Waals surface area contributed by atoms with Crippen molar-refractivity contribution in [3.05, 3.63) is 21.9 Å². The summed E-state index contributed by atoms with van der Waals surface area (Å²) in [5.74, 6) is -3.14. The number of nitrogens with one attached hydrogen (secondary N) is 2. The molecule has 1 aromatic rings. The van der Waals surface area contributed by atoms with Gasteiger partial charge in [-0.25, -0.2) is 8.78 Å². The average Bonchev–Trinajstić information content (AvgIpc) is 3.14. The molecule has 2 atom stereocenters. The second-order valence-corrected chi connectivity index (χ2v) is 7.67. The van der Waals surface area contributed by atoms with Crippen LogP contribution in [0, 0.1) is 6.92 Å². The lowest BCUT2D eigenvalue weighted by molar-refractivity contribution is -0.123. The van der Waals surface area contributed by atoms with Gasteiger partial charge >= 0.3 is 0 Å². The highest BCUT2D eigenvalue weighted by Gasteiger charge is 2.42. The number of carbonyl (C=O) groups is 1. The minimum Gasteiger partial charge on any atom is -0.379 e. The maximum absolute atomic E-state index is 13.2. The van der Waals surface area contributed by atoms with Crippen molar-refractivity contribution >= 4 is 17.2 Å². The van der Waals surface area contributed by atoms with Gasteiger partial charge in [0.2, 0.25) is 5.91 Å². The third-order valence-corrected chi connectivity index (χ3v) is 5.57. The molecule has 2 aliphatic rings. The molecule has 2 saturated heterocycles. The van der Waals surface area contributed by atoms with Gasteiger partial charge in [-0.15, -0.1) is 11.3 Å². The lowest BCUT2D eigenvalue weighted by Crippen LogP contribution is -2.46. The quantitative estimate of drug-likeness (QED) is 0.838. The second-order valence-electron chi connectivity index (χ2n) is 6.35. The molecule has 0 aromatic carbocycles. The van der Waals surface area contributed by atoms with Crippen molar-refractivity contribution < 1.29 is 18.3 Å². The van der Waals surface area contributed by atoms with Crippen LogP contribution in [0.1, 0.15) is 22.2 Å². The lowest BCUT2D eigenvalue weighted by Gasteiger charge is -2.34. The summed E-state index contributed by atoms with van der Waals surface area (Å²) in [6.07, 6.45) is -0.431. The van der Waals surface area contributed by atoms with Gasteiger partial charge in [0.25, 0.3) is 5.92 Å². The van der Waals surface area contributed by atoms with E-state index in [1.54, 1.807) is 11.3 Å². The highest BCUT2D eigenvalue weighted by molar-refractivity contribution is 7.12. The Labute approximate surface area is 144 Å². The SMILES string of the molecule is Cc1ccc(C(CNC(=O)C2CC(F)(F)CN2)N2CCOCC2)s1. The molecule has 0 spiro atoms. The zero-order valence-electron chi connectivity index (χ0n) is 13.7.